The normalized spacial score (nSPS) is 12.3. The minimum absolute atomic E-state index is 0.0603. The zero-order chi connectivity index (χ0) is 77.1. The van der Waals surface area contributed by atoms with E-state index in [0.29, 0.717) is 98.0 Å². The van der Waals surface area contributed by atoms with E-state index in [4.69, 9.17) is 47.4 Å². The van der Waals surface area contributed by atoms with Crippen LogP contribution < -0.4 is 16.0 Å². The minimum atomic E-state index is -1.02. The summed E-state index contributed by atoms with van der Waals surface area (Å²) < 4.78 is 58.2. The molecule has 0 fully saturated rings. The van der Waals surface area contributed by atoms with Gasteiger partial charge in [0.25, 0.3) is 0 Å². The number of hydrogen-bond donors (Lipinski definition) is 3. The van der Waals surface area contributed by atoms with Gasteiger partial charge in [-0.15, -0.1) is 0 Å². The van der Waals surface area contributed by atoms with Crippen molar-refractivity contribution < 1.29 is 80.9 Å². The van der Waals surface area contributed by atoms with Gasteiger partial charge in [0.05, 0.1) is 26.4 Å². The van der Waals surface area contributed by atoms with Gasteiger partial charge in [0.15, 0.2) is 0 Å². The maximum absolute atomic E-state index is 14.8. The van der Waals surface area contributed by atoms with Crippen LogP contribution in [0.1, 0.15) is 323 Å². The molecule has 0 radical (unpaired) electrons. The first kappa shape index (κ1) is 98.3. The van der Waals surface area contributed by atoms with Crippen molar-refractivity contribution in [2.45, 2.75) is 363 Å². The number of alkyl carbamates (subject to hydrolysis) is 2. The van der Waals surface area contributed by atoms with Crippen molar-refractivity contribution in [1.29, 1.82) is 0 Å². The van der Waals surface area contributed by atoms with Crippen molar-refractivity contribution in [2.24, 2.45) is 0 Å². The molecule has 0 heterocycles. The molecule has 0 aromatic rings. The summed E-state index contributed by atoms with van der Waals surface area (Å²) in [4.78, 5) is 99.6. The van der Waals surface area contributed by atoms with Gasteiger partial charge in [-0.05, 0) is 186 Å². The van der Waals surface area contributed by atoms with E-state index in [-0.39, 0.29) is 63.4 Å². The Hall–Kier alpha value is -4.71. The van der Waals surface area contributed by atoms with Crippen LogP contribution in [0.25, 0.3) is 0 Å². The highest BCUT2D eigenvalue weighted by Gasteiger charge is 2.34. The fraction of sp³-hybridized carbons (Fsp3) is 0.912. The molecule has 23 heteroatoms. The van der Waals surface area contributed by atoms with Gasteiger partial charge in [-0.1, -0.05) is 143 Å². The van der Waals surface area contributed by atoms with E-state index in [1.54, 1.807) is 88.0 Å². The zero-order valence-corrected chi connectivity index (χ0v) is 68.4. The van der Waals surface area contributed by atoms with E-state index in [1.807, 2.05) is 0 Å². The van der Waals surface area contributed by atoms with Gasteiger partial charge in [0.2, 0.25) is 5.91 Å². The lowest BCUT2D eigenvalue weighted by Crippen LogP contribution is -2.52. The molecular weight excluding hydrogens is 1320 g/mol. The Morgan fingerprint density at radius 1 is 0.330 bits per heavy atom. The van der Waals surface area contributed by atoms with Crippen LogP contribution in [0.5, 0.6) is 0 Å². The lowest BCUT2D eigenvalue weighted by Gasteiger charge is -2.34. The Kier molecular flexibility index (Phi) is 58.5. The number of esters is 2. The predicted molar refractivity (Wildman–Crippen MR) is 411 cm³/mol. The van der Waals surface area contributed by atoms with Crippen molar-refractivity contribution in [1.82, 2.24) is 30.7 Å². The number of nitrogens with one attached hydrogen (secondary N) is 3. The topological polar surface area (TPSA) is 258 Å². The van der Waals surface area contributed by atoms with Gasteiger partial charge < -0.3 is 73.1 Å². The van der Waals surface area contributed by atoms with Gasteiger partial charge >= 0.3 is 36.3 Å². The third-order valence-corrected chi connectivity index (χ3v) is 16.4. The Bertz CT molecular complexity index is 2050. The first-order valence-corrected chi connectivity index (χ1v) is 40.5. The molecule has 103 heavy (non-hydrogen) atoms. The van der Waals surface area contributed by atoms with Crippen LogP contribution in [0.2, 0.25) is 0 Å². The summed E-state index contributed by atoms with van der Waals surface area (Å²) in [7, 11) is 0. The maximum atomic E-state index is 14.8. The van der Waals surface area contributed by atoms with Crippen molar-refractivity contribution in [2.75, 3.05) is 112 Å². The summed E-state index contributed by atoms with van der Waals surface area (Å²) in [5.74, 6) is -0.817. The third-order valence-electron chi connectivity index (χ3n) is 16.4. The number of unbranched alkanes of at least 4 members (excludes halogenated alkanes) is 20. The molecule has 1 atom stereocenters. The van der Waals surface area contributed by atoms with E-state index in [2.05, 4.69) is 48.5 Å². The second kappa shape index (κ2) is 61.3. The summed E-state index contributed by atoms with van der Waals surface area (Å²) in [6.07, 6.45) is 26.0. The predicted octanol–water partition coefficient (Wildman–Crippen LogP) is 17.1. The Morgan fingerprint density at radius 3 is 1.04 bits per heavy atom. The van der Waals surface area contributed by atoms with E-state index in [9.17, 15) is 33.6 Å². The van der Waals surface area contributed by atoms with Crippen molar-refractivity contribution in [3.05, 3.63) is 0 Å². The lowest BCUT2D eigenvalue weighted by molar-refractivity contribution is -0.157. The SMILES string of the molecule is CCCCCCOCC(COCCCCCC)OC(=O)CCCCCCCN(CCCCCCCC(=O)OC(COCCCCCC)COCCCCCC)CCCNC(=O)C(CCCN(CCCNC(=O)OC(C)(C)C)C(=O)OC(C)(C)C)N(CCCNC(=O)OC(C)(C)C)C(=O)OC(C)(C)C. The summed E-state index contributed by atoms with van der Waals surface area (Å²) in [5, 5.41) is 8.68. The van der Waals surface area contributed by atoms with Gasteiger partial charge in [0.1, 0.15) is 40.7 Å². The molecule has 0 spiro atoms. The maximum Gasteiger partial charge on any atom is 0.410 e. The molecule has 3 N–H and O–H groups in total. The summed E-state index contributed by atoms with van der Waals surface area (Å²) >= 11 is 0. The Morgan fingerprint density at radius 2 is 0.650 bits per heavy atom. The quantitative estimate of drug-likeness (QED) is 0.0290. The fourth-order valence-electron chi connectivity index (χ4n) is 11.1. The van der Waals surface area contributed by atoms with E-state index >= 15 is 0 Å². The highest BCUT2D eigenvalue weighted by atomic mass is 16.6. The molecule has 1 unspecified atom stereocenters. The van der Waals surface area contributed by atoms with Crippen LogP contribution in [0.3, 0.4) is 0 Å². The van der Waals surface area contributed by atoms with Gasteiger partial charge in [-0.3, -0.25) is 19.3 Å². The molecule has 0 saturated carbocycles. The summed E-state index contributed by atoms with van der Waals surface area (Å²) in [6.45, 7) is 37.6. The molecule has 606 valence electrons. The van der Waals surface area contributed by atoms with E-state index in [1.165, 1.54) is 30.6 Å². The smallest absolute Gasteiger partial charge is 0.410 e. The molecule has 0 aliphatic rings. The minimum Gasteiger partial charge on any atom is -0.457 e. The molecule has 5 amide bonds. The first-order valence-electron chi connectivity index (χ1n) is 40.5. The van der Waals surface area contributed by atoms with Crippen LogP contribution >= 0.6 is 0 Å². The molecule has 0 aliphatic heterocycles. The van der Waals surface area contributed by atoms with Crippen LogP contribution in [0.15, 0.2) is 0 Å². The number of hydrogen-bond acceptors (Lipinski definition) is 18. The lowest BCUT2D eigenvalue weighted by atomic mass is 10.1. The van der Waals surface area contributed by atoms with Crippen molar-refractivity contribution in [3.63, 3.8) is 0 Å². The number of carbonyl (C=O) groups excluding carboxylic acids is 7. The van der Waals surface area contributed by atoms with Crippen molar-refractivity contribution in [3.8, 4) is 0 Å². The Balaban J connectivity index is 6.44. The number of rotatable bonds is 64. The van der Waals surface area contributed by atoms with Crippen LogP contribution in [-0.4, -0.2) is 209 Å². The zero-order valence-electron chi connectivity index (χ0n) is 68.4. The van der Waals surface area contributed by atoms with Crippen LogP contribution in [0, 0.1) is 0 Å². The molecular formula is C80H154N6O17. The largest absolute Gasteiger partial charge is 0.457 e. The highest BCUT2D eigenvalue weighted by molar-refractivity contribution is 5.85. The number of amides is 5. The molecule has 0 aromatic heterocycles. The molecule has 0 bridgehead atoms. The Labute approximate surface area is 626 Å². The number of nitrogens with zero attached hydrogens (tertiary/aromatic N) is 3. The summed E-state index contributed by atoms with van der Waals surface area (Å²) in [5.41, 5.74) is -3.10. The number of ether oxygens (including phenoxy) is 10. The standard InChI is InChI=1S/C80H154N6O17/c1-17-21-25-39-59-94-63-67(64-95-60-40-26-22-18-2)98-70(87)48-35-31-29-33-37-53-84(54-38-34-30-32-36-49-71(88)99-68(65-96-61-41-27-23-19-3)66-97-62-42-28-24-20-4)55-44-50-81-72(89)69(86(76(93)103-80(14,15)16)58-46-52-83-74(91)101-78(8,9)10)47-43-56-85(75(92)102-79(11,12)13)57-45-51-82-73(90)100-77(5,6)7/h67-69H,17-66H2,1-16H3,(H,81,89)(H,82,90)(H,83,91). The molecule has 0 rings (SSSR count). The molecule has 23 nitrogen and oxygen atoms in total. The first-order chi connectivity index (χ1) is 48.9. The molecule has 0 saturated heterocycles. The average Bonchev–Trinajstić information content (AvgIpc) is 0.844. The second-order valence-corrected chi connectivity index (χ2v) is 31.7. The van der Waals surface area contributed by atoms with E-state index in [0.717, 1.165) is 154 Å². The molecule has 0 aromatic carbocycles. The van der Waals surface area contributed by atoms with Gasteiger partial charge in [-0.25, -0.2) is 19.2 Å². The van der Waals surface area contributed by atoms with Crippen molar-refractivity contribution >= 4 is 42.2 Å². The second-order valence-electron chi connectivity index (χ2n) is 31.7. The molecule has 0 aliphatic carbocycles. The van der Waals surface area contributed by atoms with E-state index < -0.39 is 65.0 Å². The van der Waals surface area contributed by atoms with Crippen LogP contribution in [-0.2, 0) is 61.8 Å². The van der Waals surface area contributed by atoms with Gasteiger partial charge in [0, 0.05) is 78.5 Å². The third kappa shape index (κ3) is 63.1. The van der Waals surface area contributed by atoms with Crippen LogP contribution in [0.4, 0.5) is 19.2 Å². The average molecular weight is 1470 g/mol. The number of carbonyl (C=O) groups is 7. The highest BCUT2D eigenvalue weighted by Crippen LogP contribution is 2.20. The fourth-order valence-corrected chi connectivity index (χ4v) is 11.1. The summed E-state index contributed by atoms with van der Waals surface area (Å²) in [6, 6.07) is -1.02. The van der Waals surface area contributed by atoms with Gasteiger partial charge in [-0.2, -0.15) is 0 Å². The monoisotopic (exact) mass is 1470 g/mol.